The lowest BCUT2D eigenvalue weighted by Crippen LogP contribution is -2.46. The number of hydrogen-bond acceptors (Lipinski definition) is 5. The number of sulfonamides is 1. The van der Waals surface area contributed by atoms with Gasteiger partial charge in [-0.2, -0.15) is 4.72 Å². The highest BCUT2D eigenvalue weighted by Crippen LogP contribution is 2.20. The standard InChI is InChI=1S/C24H33NO5S/c1-3-4-5-6-7-11-18-30-24(27)22(23(26)20-12-9-8-10-13-20)25-31(28,29)21-16-14-19(2)15-17-21/h8-10,12-17,22-23,25-26H,3-7,11,18H2,1-2H3. The fraction of sp³-hybridized carbons (Fsp3) is 0.458. The average Bonchev–Trinajstić information content (AvgIpc) is 2.77. The fourth-order valence-corrected chi connectivity index (χ4v) is 4.37. The summed E-state index contributed by atoms with van der Waals surface area (Å²) >= 11 is 0. The topological polar surface area (TPSA) is 92.7 Å². The van der Waals surface area contributed by atoms with Crippen LogP contribution < -0.4 is 4.72 Å². The maximum atomic E-state index is 12.8. The van der Waals surface area contributed by atoms with E-state index in [9.17, 15) is 18.3 Å². The van der Waals surface area contributed by atoms with Crippen LogP contribution in [0.2, 0.25) is 0 Å². The number of hydrogen-bond donors (Lipinski definition) is 2. The molecule has 0 aromatic heterocycles. The Kier molecular flexibility index (Phi) is 10.2. The second kappa shape index (κ2) is 12.6. The van der Waals surface area contributed by atoms with Gasteiger partial charge in [0.1, 0.15) is 12.1 Å². The Morgan fingerprint density at radius 3 is 2.23 bits per heavy atom. The Morgan fingerprint density at radius 2 is 1.58 bits per heavy atom. The summed E-state index contributed by atoms with van der Waals surface area (Å²) < 4.78 is 33.4. The van der Waals surface area contributed by atoms with E-state index < -0.39 is 28.1 Å². The summed E-state index contributed by atoms with van der Waals surface area (Å²) in [6, 6.07) is 13.3. The number of benzene rings is 2. The number of ether oxygens (including phenoxy) is 1. The van der Waals surface area contributed by atoms with Gasteiger partial charge in [0.25, 0.3) is 0 Å². The van der Waals surface area contributed by atoms with Gasteiger partial charge in [0.05, 0.1) is 11.5 Å². The van der Waals surface area contributed by atoms with Crippen molar-refractivity contribution in [3.05, 3.63) is 65.7 Å². The van der Waals surface area contributed by atoms with Gasteiger partial charge >= 0.3 is 5.97 Å². The van der Waals surface area contributed by atoms with Crippen molar-refractivity contribution in [1.82, 2.24) is 4.72 Å². The number of carbonyl (C=O) groups is 1. The van der Waals surface area contributed by atoms with Crippen molar-refractivity contribution in [1.29, 1.82) is 0 Å². The Labute approximate surface area is 185 Å². The zero-order valence-electron chi connectivity index (χ0n) is 18.3. The zero-order valence-corrected chi connectivity index (χ0v) is 19.1. The first-order valence-corrected chi connectivity index (χ1v) is 12.3. The van der Waals surface area contributed by atoms with E-state index in [4.69, 9.17) is 4.74 Å². The molecule has 0 heterocycles. The molecule has 2 N–H and O–H groups in total. The quantitative estimate of drug-likeness (QED) is 0.353. The van der Waals surface area contributed by atoms with Crippen LogP contribution >= 0.6 is 0 Å². The van der Waals surface area contributed by atoms with E-state index in [0.717, 1.165) is 31.2 Å². The van der Waals surface area contributed by atoms with E-state index in [1.165, 1.54) is 18.6 Å². The molecule has 0 radical (unpaired) electrons. The highest BCUT2D eigenvalue weighted by Gasteiger charge is 2.34. The van der Waals surface area contributed by atoms with Crippen molar-refractivity contribution in [2.24, 2.45) is 0 Å². The molecule has 31 heavy (non-hydrogen) atoms. The number of carbonyl (C=O) groups excluding carboxylic acids is 1. The molecule has 0 aliphatic heterocycles. The first kappa shape index (κ1) is 25.0. The first-order chi connectivity index (χ1) is 14.8. The van der Waals surface area contributed by atoms with E-state index in [1.807, 2.05) is 6.92 Å². The Balaban J connectivity index is 2.09. The lowest BCUT2D eigenvalue weighted by molar-refractivity contribution is -0.148. The first-order valence-electron chi connectivity index (χ1n) is 10.8. The van der Waals surface area contributed by atoms with Crippen LogP contribution in [0.1, 0.15) is 62.7 Å². The molecule has 0 saturated carbocycles. The van der Waals surface area contributed by atoms with Crippen LogP contribution in [0.5, 0.6) is 0 Å². The normalized spacial score (nSPS) is 13.5. The van der Waals surface area contributed by atoms with E-state index in [-0.39, 0.29) is 11.5 Å². The van der Waals surface area contributed by atoms with Crippen LogP contribution in [-0.2, 0) is 19.6 Å². The van der Waals surface area contributed by atoms with Gasteiger partial charge in [-0.3, -0.25) is 4.79 Å². The van der Waals surface area contributed by atoms with E-state index in [2.05, 4.69) is 11.6 Å². The highest BCUT2D eigenvalue weighted by atomic mass is 32.2. The molecule has 2 atom stereocenters. The molecule has 2 rings (SSSR count). The molecule has 0 aliphatic rings. The molecule has 2 aromatic rings. The monoisotopic (exact) mass is 447 g/mol. The van der Waals surface area contributed by atoms with Gasteiger partial charge in [-0.05, 0) is 31.0 Å². The third-order valence-corrected chi connectivity index (χ3v) is 6.52. The van der Waals surface area contributed by atoms with E-state index >= 15 is 0 Å². The van der Waals surface area contributed by atoms with Crippen molar-refractivity contribution < 1.29 is 23.1 Å². The molecule has 7 heteroatoms. The summed E-state index contributed by atoms with van der Waals surface area (Å²) in [4.78, 5) is 12.8. The van der Waals surface area contributed by atoms with Crippen LogP contribution in [0, 0.1) is 6.92 Å². The molecule has 0 bridgehead atoms. The second-order valence-electron chi connectivity index (χ2n) is 7.70. The Bertz CT molecular complexity index is 897. The van der Waals surface area contributed by atoms with Gasteiger partial charge in [0.2, 0.25) is 10.0 Å². The van der Waals surface area contributed by atoms with Crippen molar-refractivity contribution in [2.75, 3.05) is 6.61 Å². The summed E-state index contributed by atoms with van der Waals surface area (Å²) in [7, 11) is -4.03. The van der Waals surface area contributed by atoms with Crippen LogP contribution in [0.25, 0.3) is 0 Å². The number of nitrogens with one attached hydrogen (secondary N) is 1. The van der Waals surface area contributed by atoms with Crippen molar-refractivity contribution in [3.63, 3.8) is 0 Å². The van der Waals surface area contributed by atoms with Crippen LogP contribution in [0.15, 0.2) is 59.5 Å². The predicted molar refractivity (Wildman–Crippen MR) is 121 cm³/mol. The summed E-state index contributed by atoms with van der Waals surface area (Å²) in [5.41, 5.74) is 1.34. The lowest BCUT2D eigenvalue weighted by Gasteiger charge is -2.23. The summed E-state index contributed by atoms with van der Waals surface area (Å²) in [6.45, 7) is 4.19. The largest absolute Gasteiger partial charge is 0.464 e. The minimum Gasteiger partial charge on any atom is -0.464 e. The molecule has 170 valence electrons. The maximum absolute atomic E-state index is 12.8. The molecule has 0 fully saturated rings. The molecule has 2 aromatic carbocycles. The van der Waals surface area contributed by atoms with Crippen LogP contribution in [0.4, 0.5) is 0 Å². The minimum atomic E-state index is -4.03. The smallest absolute Gasteiger partial charge is 0.327 e. The molecule has 2 unspecified atom stereocenters. The number of unbranched alkanes of at least 4 members (excludes halogenated alkanes) is 5. The van der Waals surface area contributed by atoms with Gasteiger partial charge in [-0.15, -0.1) is 0 Å². The van der Waals surface area contributed by atoms with Crippen LogP contribution in [-0.4, -0.2) is 32.1 Å². The molecular formula is C24H33NO5S. The number of aliphatic hydroxyl groups excluding tert-OH is 1. The average molecular weight is 448 g/mol. The number of esters is 1. The van der Waals surface area contributed by atoms with Crippen molar-refractivity contribution >= 4 is 16.0 Å². The molecule has 0 spiro atoms. The number of aliphatic hydroxyl groups is 1. The SMILES string of the molecule is CCCCCCCCOC(=O)C(NS(=O)(=O)c1ccc(C)cc1)C(O)c1ccccc1. The minimum absolute atomic E-state index is 0.0204. The maximum Gasteiger partial charge on any atom is 0.327 e. The third-order valence-electron chi connectivity index (χ3n) is 5.07. The number of rotatable bonds is 13. The predicted octanol–water partition coefficient (Wildman–Crippen LogP) is 4.28. The zero-order chi connectivity index (χ0) is 22.7. The van der Waals surface area contributed by atoms with Gasteiger partial charge in [-0.1, -0.05) is 87.1 Å². The molecule has 6 nitrogen and oxygen atoms in total. The van der Waals surface area contributed by atoms with Crippen LogP contribution in [0.3, 0.4) is 0 Å². The van der Waals surface area contributed by atoms with E-state index in [0.29, 0.717) is 12.0 Å². The second-order valence-corrected chi connectivity index (χ2v) is 9.42. The molecule has 0 amide bonds. The molecule has 0 saturated heterocycles. The highest BCUT2D eigenvalue weighted by molar-refractivity contribution is 7.89. The summed E-state index contributed by atoms with van der Waals surface area (Å²) in [5, 5.41) is 10.8. The third kappa shape index (κ3) is 8.09. The van der Waals surface area contributed by atoms with Crippen molar-refractivity contribution in [2.45, 2.75) is 69.4 Å². The Hall–Kier alpha value is -2.22. The Morgan fingerprint density at radius 1 is 0.968 bits per heavy atom. The fourth-order valence-electron chi connectivity index (χ4n) is 3.18. The summed E-state index contributed by atoms with van der Waals surface area (Å²) in [5.74, 6) is -0.791. The van der Waals surface area contributed by atoms with E-state index in [1.54, 1.807) is 42.5 Å². The van der Waals surface area contributed by atoms with Gasteiger partial charge in [0.15, 0.2) is 0 Å². The lowest BCUT2D eigenvalue weighted by atomic mass is 10.0. The van der Waals surface area contributed by atoms with Crippen molar-refractivity contribution in [3.8, 4) is 0 Å². The summed E-state index contributed by atoms with van der Waals surface area (Å²) in [6.07, 6.45) is 4.83. The van der Waals surface area contributed by atoms with Gasteiger partial charge < -0.3 is 9.84 Å². The number of aryl methyl sites for hydroxylation is 1. The molecular weight excluding hydrogens is 414 g/mol. The van der Waals surface area contributed by atoms with Gasteiger partial charge in [-0.25, -0.2) is 8.42 Å². The van der Waals surface area contributed by atoms with Gasteiger partial charge in [0, 0.05) is 0 Å². The molecule has 0 aliphatic carbocycles.